The van der Waals surface area contributed by atoms with Crippen molar-refractivity contribution in [3.8, 4) is 0 Å². The molecule has 0 aromatic heterocycles. The van der Waals surface area contributed by atoms with Gasteiger partial charge in [-0.15, -0.1) is 0 Å². The molecule has 2 fully saturated rings. The Morgan fingerprint density at radius 1 is 0.964 bits per heavy atom. The fourth-order valence-electron chi connectivity index (χ4n) is 4.76. The van der Waals surface area contributed by atoms with Crippen LogP contribution in [0.25, 0.3) is 0 Å². The minimum Gasteiger partial charge on any atom is -0.366 e. The minimum atomic E-state index is -0.327. The summed E-state index contributed by atoms with van der Waals surface area (Å²) < 4.78 is 0. The van der Waals surface area contributed by atoms with Gasteiger partial charge >= 0.3 is 0 Å². The van der Waals surface area contributed by atoms with Crippen LogP contribution in [0, 0.1) is 16.0 Å². The Hall–Kier alpha value is -2.41. The monoisotopic (exact) mass is 384 g/mol. The van der Waals surface area contributed by atoms with E-state index in [0.717, 1.165) is 51.9 Å². The van der Waals surface area contributed by atoms with E-state index in [2.05, 4.69) is 22.0 Å². The molecule has 3 aliphatic heterocycles. The molecular weight excluding hydrogens is 356 g/mol. The van der Waals surface area contributed by atoms with Crippen molar-refractivity contribution < 1.29 is 9.72 Å². The molecule has 0 bridgehead atoms. The molecule has 7 heteroatoms. The average Bonchev–Trinajstić information content (AvgIpc) is 3.28. The van der Waals surface area contributed by atoms with Gasteiger partial charge in [-0.1, -0.05) is 24.3 Å². The van der Waals surface area contributed by atoms with Gasteiger partial charge in [0, 0.05) is 57.3 Å². The van der Waals surface area contributed by atoms with Crippen LogP contribution in [0.4, 0.5) is 11.4 Å². The number of hydrogen-bond donors (Lipinski definition) is 0. The summed E-state index contributed by atoms with van der Waals surface area (Å²) in [5.74, 6) is 0.323. The lowest BCUT2D eigenvalue weighted by atomic mass is 9.93. The summed E-state index contributed by atoms with van der Waals surface area (Å²) in [6.07, 6.45) is 8.09. The molecular formula is C21H28N4O3. The van der Waals surface area contributed by atoms with E-state index in [4.69, 9.17) is 0 Å². The first-order valence-corrected chi connectivity index (χ1v) is 10.3. The van der Waals surface area contributed by atoms with Crippen LogP contribution < -0.4 is 4.90 Å². The van der Waals surface area contributed by atoms with Gasteiger partial charge in [-0.3, -0.25) is 19.8 Å². The van der Waals surface area contributed by atoms with E-state index in [0.29, 0.717) is 24.8 Å². The second kappa shape index (κ2) is 8.31. The third-order valence-corrected chi connectivity index (χ3v) is 6.40. The molecule has 28 heavy (non-hydrogen) atoms. The number of nitro groups is 1. The normalized spacial score (nSPS) is 22.0. The summed E-state index contributed by atoms with van der Waals surface area (Å²) >= 11 is 0. The number of likely N-dealkylation sites (tertiary alicyclic amines) is 1. The molecule has 0 spiro atoms. The molecule has 2 saturated heterocycles. The van der Waals surface area contributed by atoms with Gasteiger partial charge < -0.3 is 9.80 Å². The van der Waals surface area contributed by atoms with Gasteiger partial charge in [-0.05, 0) is 31.7 Å². The first-order chi connectivity index (χ1) is 13.6. The Balaban J connectivity index is 1.29. The van der Waals surface area contributed by atoms with Gasteiger partial charge in [0.2, 0.25) is 5.91 Å². The predicted octanol–water partition coefficient (Wildman–Crippen LogP) is 2.67. The van der Waals surface area contributed by atoms with Crippen LogP contribution >= 0.6 is 0 Å². The Labute approximate surface area is 165 Å². The van der Waals surface area contributed by atoms with Crippen molar-refractivity contribution >= 4 is 17.3 Å². The van der Waals surface area contributed by atoms with Gasteiger partial charge in [0.1, 0.15) is 5.69 Å². The number of carbonyl (C=O) groups excluding carboxylic acids is 1. The highest BCUT2D eigenvalue weighted by Crippen LogP contribution is 2.32. The quantitative estimate of drug-likeness (QED) is 0.453. The van der Waals surface area contributed by atoms with Crippen LogP contribution in [0.15, 0.2) is 36.4 Å². The number of rotatable bonds is 4. The molecule has 0 saturated carbocycles. The van der Waals surface area contributed by atoms with Crippen LogP contribution in [0.2, 0.25) is 0 Å². The third-order valence-electron chi connectivity index (χ3n) is 6.40. The fourth-order valence-corrected chi connectivity index (χ4v) is 4.76. The number of carbonyl (C=O) groups is 1. The van der Waals surface area contributed by atoms with Crippen LogP contribution in [0.1, 0.15) is 25.7 Å². The molecule has 7 nitrogen and oxygen atoms in total. The van der Waals surface area contributed by atoms with Crippen molar-refractivity contribution in [2.45, 2.75) is 31.7 Å². The van der Waals surface area contributed by atoms with Crippen molar-refractivity contribution in [2.24, 2.45) is 5.92 Å². The molecule has 4 rings (SSSR count). The molecule has 0 unspecified atom stereocenters. The van der Waals surface area contributed by atoms with Crippen molar-refractivity contribution in [1.82, 2.24) is 9.80 Å². The molecule has 150 valence electrons. The maximum atomic E-state index is 13.0. The summed E-state index contributed by atoms with van der Waals surface area (Å²) in [7, 11) is 0. The highest BCUT2D eigenvalue weighted by Gasteiger charge is 2.33. The van der Waals surface area contributed by atoms with E-state index in [1.54, 1.807) is 18.2 Å². The first-order valence-electron chi connectivity index (χ1n) is 10.3. The number of benzene rings is 1. The van der Waals surface area contributed by atoms with Crippen molar-refractivity contribution in [1.29, 1.82) is 0 Å². The molecule has 3 heterocycles. The number of hydrogen-bond acceptors (Lipinski definition) is 5. The Kier molecular flexibility index (Phi) is 5.62. The van der Waals surface area contributed by atoms with E-state index in [9.17, 15) is 14.9 Å². The fraction of sp³-hybridized carbons (Fsp3) is 0.571. The molecule has 1 aromatic carbocycles. The van der Waals surface area contributed by atoms with Crippen molar-refractivity contribution in [3.05, 3.63) is 46.5 Å². The van der Waals surface area contributed by atoms with Crippen LogP contribution in [0.5, 0.6) is 0 Å². The lowest BCUT2D eigenvalue weighted by molar-refractivity contribution is -0.384. The summed E-state index contributed by atoms with van der Waals surface area (Å²) in [4.78, 5) is 30.5. The lowest BCUT2D eigenvalue weighted by Crippen LogP contribution is -2.49. The molecule has 0 N–H and O–H groups in total. The molecule has 3 aliphatic rings. The summed E-state index contributed by atoms with van der Waals surface area (Å²) in [6, 6.07) is 7.48. The van der Waals surface area contributed by atoms with Gasteiger partial charge in [0.25, 0.3) is 5.69 Å². The number of anilines is 1. The Morgan fingerprint density at radius 3 is 2.25 bits per heavy atom. The second-order valence-electron chi connectivity index (χ2n) is 7.99. The third kappa shape index (κ3) is 3.90. The molecule has 1 amide bonds. The lowest BCUT2D eigenvalue weighted by Gasteiger charge is -2.39. The number of nitrogens with zero attached hydrogens (tertiary/aromatic N) is 4. The second-order valence-corrected chi connectivity index (χ2v) is 7.99. The zero-order valence-electron chi connectivity index (χ0n) is 16.2. The first kappa shape index (κ1) is 18.9. The van der Waals surface area contributed by atoms with Crippen molar-refractivity contribution in [2.75, 3.05) is 44.2 Å². The van der Waals surface area contributed by atoms with Gasteiger partial charge in [-0.25, -0.2) is 0 Å². The van der Waals surface area contributed by atoms with Gasteiger partial charge in [-0.2, -0.15) is 0 Å². The Bertz CT molecular complexity index is 742. The SMILES string of the molecule is O=C(C1CCN(c2ccccc2[N+](=O)[O-])CC1)N1CCC(N2CC=CC2)CC1. The number of amides is 1. The number of piperidine rings is 2. The summed E-state index contributed by atoms with van der Waals surface area (Å²) in [6.45, 7) is 5.18. The number of para-hydroxylation sites is 2. The maximum absolute atomic E-state index is 13.0. The average molecular weight is 384 g/mol. The predicted molar refractivity (Wildman–Crippen MR) is 108 cm³/mol. The smallest absolute Gasteiger partial charge is 0.292 e. The molecule has 0 radical (unpaired) electrons. The minimum absolute atomic E-state index is 0.0454. The van der Waals surface area contributed by atoms with E-state index >= 15 is 0 Å². The molecule has 0 atom stereocenters. The zero-order chi connectivity index (χ0) is 19.5. The zero-order valence-corrected chi connectivity index (χ0v) is 16.2. The van der Waals surface area contributed by atoms with Crippen LogP contribution in [0.3, 0.4) is 0 Å². The summed E-state index contributed by atoms with van der Waals surface area (Å²) in [5, 5.41) is 11.3. The number of nitro benzene ring substituents is 1. The standard InChI is InChI=1S/C21H28N4O3/c26-21(24-15-9-18(10-16-24)22-11-3-4-12-22)17-7-13-23(14-8-17)19-5-1-2-6-20(19)25(27)28/h1-6,17-18H,7-16H2. The largest absolute Gasteiger partial charge is 0.366 e. The van der Waals surface area contributed by atoms with Crippen LogP contribution in [-0.2, 0) is 4.79 Å². The maximum Gasteiger partial charge on any atom is 0.292 e. The highest BCUT2D eigenvalue weighted by molar-refractivity contribution is 5.79. The van der Waals surface area contributed by atoms with E-state index in [1.165, 1.54) is 0 Å². The summed E-state index contributed by atoms with van der Waals surface area (Å²) in [5.41, 5.74) is 0.809. The van der Waals surface area contributed by atoms with E-state index in [-0.39, 0.29) is 22.4 Å². The molecule has 0 aliphatic carbocycles. The van der Waals surface area contributed by atoms with Gasteiger partial charge in [0.05, 0.1) is 4.92 Å². The van der Waals surface area contributed by atoms with E-state index in [1.807, 2.05) is 11.0 Å². The van der Waals surface area contributed by atoms with Crippen molar-refractivity contribution in [3.63, 3.8) is 0 Å². The van der Waals surface area contributed by atoms with E-state index < -0.39 is 0 Å². The highest BCUT2D eigenvalue weighted by atomic mass is 16.6. The molecule has 1 aromatic rings. The topological polar surface area (TPSA) is 69.9 Å². The van der Waals surface area contributed by atoms with Crippen LogP contribution in [-0.4, -0.2) is 65.9 Å². The van der Waals surface area contributed by atoms with Gasteiger partial charge in [0.15, 0.2) is 0 Å². The Morgan fingerprint density at radius 2 is 1.61 bits per heavy atom.